The second kappa shape index (κ2) is 7.01. The predicted octanol–water partition coefficient (Wildman–Crippen LogP) is 2.26. The van der Waals surface area contributed by atoms with Crippen molar-refractivity contribution in [3.8, 4) is 5.75 Å². The standard InChI is InChI=1S/C14H21N3O/c15-17-14(16-12-7-3-1-4-8-12)11-18-13-9-5-2-6-10-13/h2,5-6,9-10,12H,1,3-4,7-8,11,15H2,(H,16,17). The van der Waals surface area contributed by atoms with E-state index in [2.05, 4.69) is 10.4 Å². The molecule has 18 heavy (non-hydrogen) atoms. The van der Waals surface area contributed by atoms with Gasteiger partial charge in [-0.3, -0.25) is 4.99 Å². The molecule has 0 radical (unpaired) electrons. The molecule has 4 heteroatoms. The van der Waals surface area contributed by atoms with Crippen molar-refractivity contribution in [2.75, 3.05) is 6.61 Å². The number of ether oxygens (including phenoxy) is 1. The van der Waals surface area contributed by atoms with Gasteiger partial charge in [-0.2, -0.15) is 0 Å². The van der Waals surface area contributed by atoms with Gasteiger partial charge >= 0.3 is 0 Å². The molecule has 1 aromatic carbocycles. The Morgan fingerprint density at radius 1 is 1.22 bits per heavy atom. The molecule has 0 spiro atoms. The number of aliphatic imine (C=N–C) groups is 1. The van der Waals surface area contributed by atoms with E-state index in [0.717, 1.165) is 24.4 Å². The summed E-state index contributed by atoms with van der Waals surface area (Å²) in [4.78, 5) is 4.62. The Labute approximate surface area is 108 Å². The van der Waals surface area contributed by atoms with Crippen LogP contribution in [-0.2, 0) is 0 Å². The molecule has 0 aromatic heterocycles. The van der Waals surface area contributed by atoms with Crippen molar-refractivity contribution in [3.63, 3.8) is 0 Å². The highest BCUT2D eigenvalue weighted by Gasteiger charge is 2.13. The summed E-state index contributed by atoms with van der Waals surface area (Å²) < 4.78 is 5.63. The number of benzene rings is 1. The van der Waals surface area contributed by atoms with Crippen molar-refractivity contribution in [3.05, 3.63) is 30.3 Å². The first-order chi connectivity index (χ1) is 8.88. The second-order valence-corrected chi connectivity index (χ2v) is 4.61. The minimum atomic E-state index is 0.400. The normalized spacial score (nSPS) is 17.5. The van der Waals surface area contributed by atoms with E-state index >= 15 is 0 Å². The highest BCUT2D eigenvalue weighted by Crippen LogP contribution is 2.20. The largest absolute Gasteiger partial charge is 0.486 e. The SMILES string of the molecule is NNC(COc1ccccc1)=NC1CCCCC1. The van der Waals surface area contributed by atoms with Gasteiger partial charge in [0.15, 0.2) is 0 Å². The zero-order valence-corrected chi connectivity index (χ0v) is 10.6. The Morgan fingerprint density at radius 2 is 1.94 bits per heavy atom. The molecule has 1 saturated carbocycles. The van der Waals surface area contributed by atoms with Gasteiger partial charge in [0.05, 0.1) is 6.04 Å². The van der Waals surface area contributed by atoms with Crippen molar-refractivity contribution in [1.29, 1.82) is 0 Å². The summed E-state index contributed by atoms with van der Waals surface area (Å²) in [5, 5.41) is 0. The van der Waals surface area contributed by atoms with E-state index in [4.69, 9.17) is 10.6 Å². The molecule has 0 aliphatic heterocycles. The van der Waals surface area contributed by atoms with Gasteiger partial charge in [-0.1, -0.05) is 37.5 Å². The smallest absolute Gasteiger partial charge is 0.149 e. The summed E-state index contributed by atoms with van der Waals surface area (Å²) in [5.41, 5.74) is 2.64. The molecule has 98 valence electrons. The first-order valence-corrected chi connectivity index (χ1v) is 6.59. The summed E-state index contributed by atoms with van der Waals surface area (Å²) in [6.07, 6.45) is 6.20. The lowest BCUT2D eigenvalue weighted by Crippen LogP contribution is -2.36. The fourth-order valence-electron chi connectivity index (χ4n) is 2.22. The number of nitrogens with one attached hydrogen (secondary N) is 1. The van der Waals surface area contributed by atoms with Gasteiger partial charge in [0.2, 0.25) is 0 Å². The summed E-state index contributed by atoms with van der Waals surface area (Å²) >= 11 is 0. The van der Waals surface area contributed by atoms with Crippen LogP contribution < -0.4 is 16.0 Å². The molecule has 1 aromatic rings. The average molecular weight is 247 g/mol. The Balaban J connectivity index is 1.86. The third-order valence-electron chi connectivity index (χ3n) is 3.20. The molecule has 1 aliphatic carbocycles. The number of amidine groups is 1. The quantitative estimate of drug-likeness (QED) is 0.371. The second-order valence-electron chi connectivity index (χ2n) is 4.61. The number of para-hydroxylation sites is 1. The Kier molecular flexibility index (Phi) is 5.02. The lowest BCUT2D eigenvalue weighted by Gasteiger charge is -2.19. The molecule has 4 nitrogen and oxygen atoms in total. The van der Waals surface area contributed by atoms with E-state index in [9.17, 15) is 0 Å². The van der Waals surface area contributed by atoms with Gasteiger partial charge in [0, 0.05) is 0 Å². The number of hydrogen-bond acceptors (Lipinski definition) is 3. The molecular weight excluding hydrogens is 226 g/mol. The number of hydrogen-bond donors (Lipinski definition) is 2. The van der Waals surface area contributed by atoms with Crippen LogP contribution in [0, 0.1) is 0 Å². The molecule has 0 heterocycles. The monoisotopic (exact) mass is 247 g/mol. The highest BCUT2D eigenvalue weighted by molar-refractivity contribution is 5.83. The van der Waals surface area contributed by atoms with E-state index in [0.29, 0.717) is 12.6 Å². The van der Waals surface area contributed by atoms with Gasteiger partial charge in [-0.15, -0.1) is 0 Å². The number of nitrogens with zero attached hydrogens (tertiary/aromatic N) is 1. The number of nitrogens with two attached hydrogens (primary N) is 1. The minimum Gasteiger partial charge on any atom is -0.486 e. The molecule has 1 aliphatic rings. The lowest BCUT2D eigenvalue weighted by atomic mass is 9.96. The fourth-order valence-corrected chi connectivity index (χ4v) is 2.22. The molecule has 0 bridgehead atoms. The number of rotatable bonds is 4. The topological polar surface area (TPSA) is 59.6 Å². The van der Waals surface area contributed by atoms with E-state index in [-0.39, 0.29) is 0 Å². The van der Waals surface area contributed by atoms with E-state index < -0.39 is 0 Å². The van der Waals surface area contributed by atoms with Crippen LogP contribution >= 0.6 is 0 Å². The van der Waals surface area contributed by atoms with Crippen LogP contribution in [-0.4, -0.2) is 18.5 Å². The van der Waals surface area contributed by atoms with Gasteiger partial charge in [-0.05, 0) is 25.0 Å². The lowest BCUT2D eigenvalue weighted by molar-refractivity contribution is 0.368. The molecular formula is C14H21N3O. The van der Waals surface area contributed by atoms with Crippen LogP contribution in [0.5, 0.6) is 5.75 Å². The van der Waals surface area contributed by atoms with Crippen LogP contribution in [0.15, 0.2) is 35.3 Å². The zero-order valence-electron chi connectivity index (χ0n) is 10.6. The molecule has 1 fully saturated rings. The summed E-state index contributed by atoms with van der Waals surface area (Å²) in [6, 6.07) is 10.1. The van der Waals surface area contributed by atoms with Crippen LogP contribution in [0.2, 0.25) is 0 Å². The highest BCUT2D eigenvalue weighted by atomic mass is 16.5. The predicted molar refractivity (Wildman–Crippen MR) is 73.6 cm³/mol. The van der Waals surface area contributed by atoms with Crippen molar-refractivity contribution in [1.82, 2.24) is 5.43 Å². The molecule has 0 atom stereocenters. The maximum absolute atomic E-state index is 5.63. The van der Waals surface area contributed by atoms with Gasteiger partial charge in [0.1, 0.15) is 18.2 Å². The van der Waals surface area contributed by atoms with E-state index in [1.165, 1.54) is 19.3 Å². The first kappa shape index (κ1) is 12.9. The van der Waals surface area contributed by atoms with Gasteiger partial charge < -0.3 is 10.2 Å². The summed E-state index contributed by atoms with van der Waals surface area (Å²) in [6.45, 7) is 0.400. The molecule has 0 saturated heterocycles. The van der Waals surface area contributed by atoms with Crippen LogP contribution in [0.25, 0.3) is 0 Å². The van der Waals surface area contributed by atoms with Crippen molar-refractivity contribution >= 4 is 5.84 Å². The van der Waals surface area contributed by atoms with Crippen LogP contribution in [0.3, 0.4) is 0 Å². The molecule has 3 N–H and O–H groups in total. The van der Waals surface area contributed by atoms with Crippen molar-refractivity contribution in [2.24, 2.45) is 10.8 Å². The van der Waals surface area contributed by atoms with E-state index in [1.54, 1.807) is 0 Å². The van der Waals surface area contributed by atoms with Crippen LogP contribution in [0.1, 0.15) is 32.1 Å². The Morgan fingerprint density at radius 3 is 2.61 bits per heavy atom. The summed E-state index contributed by atoms with van der Waals surface area (Å²) in [5.74, 6) is 7.06. The Hall–Kier alpha value is -1.55. The average Bonchev–Trinajstić information content (AvgIpc) is 2.45. The molecule has 2 rings (SSSR count). The van der Waals surface area contributed by atoms with Gasteiger partial charge in [0.25, 0.3) is 0 Å². The minimum absolute atomic E-state index is 0.400. The van der Waals surface area contributed by atoms with Crippen molar-refractivity contribution < 1.29 is 4.74 Å². The zero-order chi connectivity index (χ0) is 12.6. The summed E-state index contributed by atoms with van der Waals surface area (Å²) in [7, 11) is 0. The molecule has 0 unspecified atom stereocenters. The fraction of sp³-hybridized carbons (Fsp3) is 0.500. The maximum atomic E-state index is 5.63. The molecule has 0 amide bonds. The number of hydrazine groups is 1. The first-order valence-electron chi connectivity index (χ1n) is 6.59. The maximum Gasteiger partial charge on any atom is 0.149 e. The Bertz CT molecular complexity index is 372. The van der Waals surface area contributed by atoms with E-state index in [1.807, 2.05) is 30.3 Å². The third-order valence-corrected chi connectivity index (χ3v) is 3.20. The van der Waals surface area contributed by atoms with Gasteiger partial charge in [-0.25, -0.2) is 5.84 Å². The van der Waals surface area contributed by atoms with Crippen molar-refractivity contribution in [2.45, 2.75) is 38.1 Å². The third kappa shape index (κ3) is 4.04. The van der Waals surface area contributed by atoms with Crippen LogP contribution in [0.4, 0.5) is 0 Å².